The molecule has 0 aliphatic rings. The number of imidazole rings is 1. The molecule has 0 bridgehead atoms. The van der Waals surface area contributed by atoms with Crippen molar-refractivity contribution in [3.05, 3.63) is 62.5 Å². The van der Waals surface area contributed by atoms with E-state index in [0.717, 1.165) is 12.1 Å². The molecule has 2 aromatic carbocycles. The van der Waals surface area contributed by atoms with Crippen LogP contribution in [0.1, 0.15) is 25.7 Å². The van der Waals surface area contributed by atoms with Gasteiger partial charge in [-0.25, -0.2) is 19.3 Å². The lowest BCUT2D eigenvalue weighted by Gasteiger charge is -2.13. The van der Waals surface area contributed by atoms with Gasteiger partial charge >= 0.3 is 5.69 Å². The molecule has 1 N–H and O–H groups in total. The van der Waals surface area contributed by atoms with E-state index in [1.165, 1.54) is 19.4 Å². The molecule has 34 heavy (non-hydrogen) atoms. The Balaban J connectivity index is 1.81. The molecule has 0 fully saturated rings. The first-order valence-electron chi connectivity index (χ1n) is 10.1. The first-order chi connectivity index (χ1) is 16.1. The number of methoxy groups -OCH3 is 1. The molecule has 2 heterocycles. The molecule has 12 heteroatoms. The van der Waals surface area contributed by atoms with Gasteiger partial charge in [-0.05, 0) is 48.8 Å². The van der Waals surface area contributed by atoms with Crippen molar-refractivity contribution in [1.82, 2.24) is 19.5 Å². The summed E-state index contributed by atoms with van der Waals surface area (Å²) in [6, 6.07) is 5.08. The zero-order valence-electron chi connectivity index (χ0n) is 18.6. The normalized spacial score (nSPS) is 11.3. The minimum Gasteiger partial charge on any atom is -0.494 e. The van der Waals surface area contributed by atoms with Crippen molar-refractivity contribution in [3.8, 4) is 17.0 Å². The fourth-order valence-corrected chi connectivity index (χ4v) is 4.18. The number of nitro benzene ring substituents is 1. The van der Waals surface area contributed by atoms with E-state index in [0.29, 0.717) is 27.1 Å². The van der Waals surface area contributed by atoms with Crippen molar-refractivity contribution in [2.75, 3.05) is 12.4 Å². The van der Waals surface area contributed by atoms with Crippen molar-refractivity contribution in [2.24, 2.45) is 0 Å². The molecule has 4 aromatic rings. The zero-order chi connectivity index (χ0) is 24.7. The SMILES string of the molecule is COc1cc(F)c([N+](=O)[O-])cc1Nc1ncc(Br)c(-c2cc(F)c3nc(C)n(C(C)C)c3c2)n1. The van der Waals surface area contributed by atoms with E-state index in [1.54, 1.807) is 6.07 Å². The van der Waals surface area contributed by atoms with Gasteiger partial charge in [0.25, 0.3) is 0 Å². The van der Waals surface area contributed by atoms with Gasteiger partial charge in [0.05, 0.1) is 33.4 Å². The van der Waals surface area contributed by atoms with Crippen molar-refractivity contribution < 1.29 is 18.4 Å². The molecule has 0 aliphatic heterocycles. The van der Waals surface area contributed by atoms with E-state index < -0.39 is 22.2 Å². The fourth-order valence-electron chi connectivity index (χ4n) is 3.76. The maximum absolute atomic E-state index is 15.0. The van der Waals surface area contributed by atoms with Gasteiger partial charge in [0.15, 0.2) is 5.82 Å². The Morgan fingerprint density at radius 3 is 2.56 bits per heavy atom. The number of halogens is 3. The molecule has 176 valence electrons. The number of aromatic nitrogens is 4. The molecule has 0 saturated heterocycles. The Morgan fingerprint density at radius 1 is 1.18 bits per heavy atom. The first-order valence-corrected chi connectivity index (χ1v) is 10.9. The van der Waals surface area contributed by atoms with Gasteiger partial charge in [0, 0.05) is 29.9 Å². The minimum absolute atomic E-state index is 0.0277. The van der Waals surface area contributed by atoms with Crippen molar-refractivity contribution >= 4 is 44.3 Å². The minimum atomic E-state index is -1.04. The van der Waals surface area contributed by atoms with Crippen molar-refractivity contribution in [2.45, 2.75) is 26.8 Å². The van der Waals surface area contributed by atoms with E-state index in [4.69, 9.17) is 4.74 Å². The number of aryl methyl sites for hydroxylation is 1. The molecule has 0 spiro atoms. The van der Waals surface area contributed by atoms with Crippen LogP contribution in [0.2, 0.25) is 0 Å². The summed E-state index contributed by atoms with van der Waals surface area (Å²) >= 11 is 3.40. The number of hydrogen-bond donors (Lipinski definition) is 1. The molecule has 4 rings (SSSR count). The summed E-state index contributed by atoms with van der Waals surface area (Å²) in [7, 11) is 1.30. The predicted octanol–water partition coefficient (Wildman–Crippen LogP) is 6.08. The van der Waals surface area contributed by atoms with Crippen LogP contribution in [0.5, 0.6) is 5.75 Å². The van der Waals surface area contributed by atoms with Crippen LogP contribution >= 0.6 is 15.9 Å². The summed E-state index contributed by atoms with van der Waals surface area (Å²) in [5.74, 6) is -0.766. The van der Waals surface area contributed by atoms with Crippen LogP contribution in [0.25, 0.3) is 22.3 Å². The molecule has 0 saturated carbocycles. The van der Waals surface area contributed by atoms with Gasteiger partial charge in [0.2, 0.25) is 11.8 Å². The summed E-state index contributed by atoms with van der Waals surface area (Å²) in [5, 5.41) is 14.0. The molecule has 0 unspecified atom stereocenters. The fraction of sp³-hybridized carbons (Fsp3) is 0.227. The standard InChI is InChI=1S/C22H19BrF2N6O3/c1-10(2)30-11(3)27-21-15(25)5-12(6-18(21)30)20-13(23)9-26-22(29-20)28-16-8-17(31(32)33)14(24)7-19(16)34-4/h5-10H,1-4H3,(H,26,28,29). The quantitative estimate of drug-likeness (QED) is 0.236. The number of nitrogens with one attached hydrogen (secondary N) is 1. The van der Waals surface area contributed by atoms with Crippen LogP contribution in [-0.4, -0.2) is 31.6 Å². The van der Waals surface area contributed by atoms with E-state index in [9.17, 15) is 18.9 Å². The lowest BCUT2D eigenvalue weighted by Crippen LogP contribution is -2.04. The van der Waals surface area contributed by atoms with Gasteiger partial charge in [0.1, 0.15) is 17.1 Å². The predicted molar refractivity (Wildman–Crippen MR) is 126 cm³/mol. The van der Waals surface area contributed by atoms with Gasteiger partial charge in [-0.3, -0.25) is 10.1 Å². The largest absolute Gasteiger partial charge is 0.494 e. The average Bonchev–Trinajstić information content (AvgIpc) is 3.12. The summed E-state index contributed by atoms with van der Waals surface area (Å²) in [5.41, 5.74) is 1.11. The second-order valence-corrected chi connectivity index (χ2v) is 8.58. The Hall–Kier alpha value is -3.67. The Bertz CT molecular complexity index is 1440. The molecular weight excluding hydrogens is 514 g/mol. The third-order valence-corrected chi connectivity index (χ3v) is 5.75. The van der Waals surface area contributed by atoms with Crippen LogP contribution in [0.4, 0.5) is 26.1 Å². The topological polar surface area (TPSA) is 108 Å². The molecular formula is C22H19BrF2N6O3. The second-order valence-electron chi connectivity index (χ2n) is 7.72. The zero-order valence-corrected chi connectivity index (χ0v) is 20.1. The van der Waals surface area contributed by atoms with Crippen LogP contribution in [0.15, 0.2) is 34.9 Å². The van der Waals surface area contributed by atoms with Crippen LogP contribution in [-0.2, 0) is 0 Å². The Morgan fingerprint density at radius 2 is 1.91 bits per heavy atom. The number of hydrogen-bond acceptors (Lipinski definition) is 7. The van der Waals surface area contributed by atoms with Gasteiger partial charge < -0.3 is 14.6 Å². The third kappa shape index (κ3) is 4.16. The highest BCUT2D eigenvalue weighted by atomic mass is 79.9. The molecule has 9 nitrogen and oxygen atoms in total. The number of nitro groups is 1. The van der Waals surface area contributed by atoms with Crippen LogP contribution in [0.3, 0.4) is 0 Å². The Kier molecular flexibility index (Phi) is 6.17. The smallest absolute Gasteiger partial charge is 0.307 e. The van der Waals surface area contributed by atoms with E-state index in [2.05, 4.69) is 36.2 Å². The second kappa shape index (κ2) is 8.93. The maximum atomic E-state index is 15.0. The number of ether oxygens (including phenoxy) is 1. The van der Waals surface area contributed by atoms with Crippen LogP contribution in [0, 0.1) is 28.7 Å². The number of fused-ring (bicyclic) bond motifs is 1. The summed E-state index contributed by atoms with van der Waals surface area (Å²) in [6.45, 7) is 5.78. The van der Waals surface area contributed by atoms with Gasteiger partial charge in [-0.1, -0.05) is 0 Å². The highest BCUT2D eigenvalue weighted by molar-refractivity contribution is 9.10. The number of benzene rings is 2. The highest BCUT2D eigenvalue weighted by Crippen LogP contribution is 2.35. The molecule has 0 amide bonds. The van der Waals surface area contributed by atoms with Crippen LogP contribution < -0.4 is 10.1 Å². The first kappa shape index (κ1) is 23.5. The molecule has 0 aliphatic carbocycles. The summed E-state index contributed by atoms with van der Waals surface area (Å²) < 4.78 is 36.5. The van der Waals surface area contributed by atoms with Gasteiger partial charge in [-0.15, -0.1) is 0 Å². The third-order valence-electron chi connectivity index (χ3n) is 5.17. The summed E-state index contributed by atoms with van der Waals surface area (Å²) in [6.07, 6.45) is 1.46. The summed E-state index contributed by atoms with van der Waals surface area (Å²) in [4.78, 5) is 23.3. The number of rotatable bonds is 6. The molecule has 0 atom stereocenters. The lowest BCUT2D eigenvalue weighted by molar-refractivity contribution is -0.387. The Labute approximate surface area is 201 Å². The molecule has 0 radical (unpaired) electrons. The maximum Gasteiger partial charge on any atom is 0.307 e. The number of anilines is 2. The van der Waals surface area contributed by atoms with E-state index in [1.807, 2.05) is 25.3 Å². The molecule has 2 aromatic heterocycles. The van der Waals surface area contributed by atoms with Gasteiger partial charge in [-0.2, -0.15) is 4.39 Å². The van der Waals surface area contributed by atoms with Crippen molar-refractivity contribution in [3.63, 3.8) is 0 Å². The monoisotopic (exact) mass is 532 g/mol. The lowest BCUT2D eigenvalue weighted by atomic mass is 10.1. The van der Waals surface area contributed by atoms with E-state index >= 15 is 0 Å². The van der Waals surface area contributed by atoms with E-state index in [-0.39, 0.29) is 28.9 Å². The highest BCUT2D eigenvalue weighted by Gasteiger charge is 2.21. The number of nitrogens with zero attached hydrogens (tertiary/aromatic N) is 5. The average molecular weight is 533 g/mol. The van der Waals surface area contributed by atoms with Crippen molar-refractivity contribution in [1.29, 1.82) is 0 Å².